The Morgan fingerprint density at radius 3 is 2.81 bits per heavy atom. The minimum Gasteiger partial charge on any atom is -0.468 e. The second-order valence-electron chi connectivity index (χ2n) is 3.59. The van der Waals surface area contributed by atoms with Gasteiger partial charge in [-0.05, 0) is 23.9 Å². The summed E-state index contributed by atoms with van der Waals surface area (Å²) in [6.07, 6.45) is -0.154. The minimum atomic E-state index is -0.533. The number of hydrogen-bond donors (Lipinski definition) is 1. The molecular formula is C9H16N4O3. The highest BCUT2D eigenvalue weighted by Crippen LogP contribution is 2.27. The number of rotatable bonds is 5. The normalized spacial score (nSPS) is 12.5. The van der Waals surface area contributed by atoms with Crippen LogP contribution in [0.4, 0.5) is 5.82 Å². The van der Waals surface area contributed by atoms with E-state index in [1.54, 1.807) is 25.6 Å². The number of ether oxygens (including phenoxy) is 1. The van der Waals surface area contributed by atoms with Gasteiger partial charge in [-0.3, -0.25) is 4.57 Å². The lowest BCUT2D eigenvalue weighted by Crippen LogP contribution is -2.27. The molecule has 7 heteroatoms. The third kappa shape index (κ3) is 2.48. The first-order valence-electron chi connectivity index (χ1n) is 4.96. The maximum atomic E-state index is 10.8. The monoisotopic (exact) mass is 228 g/mol. The van der Waals surface area contributed by atoms with Crippen molar-refractivity contribution in [1.29, 1.82) is 0 Å². The lowest BCUT2D eigenvalue weighted by Gasteiger charge is -2.13. The Labute approximate surface area is 93.6 Å². The van der Waals surface area contributed by atoms with Crippen molar-refractivity contribution in [3.8, 4) is 5.88 Å². The zero-order valence-electron chi connectivity index (χ0n) is 9.85. The Bertz CT molecular complexity index is 388. The van der Waals surface area contributed by atoms with E-state index in [0.29, 0.717) is 12.4 Å². The summed E-state index contributed by atoms with van der Waals surface area (Å²) in [5.74, 6) is 0.520. The summed E-state index contributed by atoms with van der Waals surface area (Å²) in [6, 6.07) is 0. The van der Waals surface area contributed by atoms with Crippen LogP contribution in [0.15, 0.2) is 0 Å². The largest absolute Gasteiger partial charge is 0.468 e. The average Bonchev–Trinajstić information content (AvgIpc) is 2.46. The Morgan fingerprint density at radius 2 is 2.31 bits per heavy atom. The molecule has 0 spiro atoms. The number of likely N-dealkylation sites (N-methyl/N-ethyl adjacent to an activating group) is 1. The van der Waals surface area contributed by atoms with E-state index >= 15 is 0 Å². The molecule has 90 valence electrons. The zero-order valence-corrected chi connectivity index (χ0v) is 9.85. The lowest BCUT2D eigenvalue weighted by molar-refractivity contribution is -0.390. The molecule has 0 amide bonds. The van der Waals surface area contributed by atoms with Crippen LogP contribution in [0.5, 0.6) is 5.88 Å². The average molecular weight is 228 g/mol. The molecule has 1 rings (SSSR count). The Hall–Kier alpha value is -1.63. The first-order chi connectivity index (χ1) is 7.47. The predicted molar refractivity (Wildman–Crippen MR) is 58.6 cm³/mol. The number of hydrogen-bond acceptors (Lipinski definition) is 5. The molecule has 1 aromatic heterocycles. The summed E-state index contributed by atoms with van der Waals surface area (Å²) < 4.78 is 7.07. The number of nitro groups is 1. The van der Waals surface area contributed by atoms with Crippen LogP contribution in [0, 0.1) is 17.0 Å². The lowest BCUT2D eigenvalue weighted by atomic mass is 10.4. The number of imidazole rings is 1. The molecule has 1 atom stereocenters. The fraction of sp³-hybridized carbons (Fsp3) is 0.667. The van der Waals surface area contributed by atoms with E-state index < -0.39 is 4.92 Å². The zero-order chi connectivity index (χ0) is 12.3. The van der Waals surface area contributed by atoms with Gasteiger partial charge in [0.25, 0.3) is 5.88 Å². The van der Waals surface area contributed by atoms with Crippen molar-refractivity contribution in [1.82, 2.24) is 14.9 Å². The third-order valence-electron chi connectivity index (χ3n) is 2.23. The van der Waals surface area contributed by atoms with Crippen LogP contribution in [-0.2, 0) is 7.05 Å². The summed E-state index contributed by atoms with van der Waals surface area (Å²) in [7, 11) is 3.49. The summed E-state index contributed by atoms with van der Waals surface area (Å²) in [5, 5.41) is 13.7. The molecule has 0 aliphatic heterocycles. The van der Waals surface area contributed by atoms with Gasteiger partial charge >= 0.3 is 5.82 Å². The highest BCUT2D eigenvalue weighted by atomic mass is 16.6. The van der Waals surface area contributed by atoms with Crippen LogP contribution < -0.4 is 10.1 Å². The van der Waals surface area contributed by atoms with E-state index in [4.69, 9.17) is 4.74 Å². The summed E-state index contributed by atoms with van der Waals surface area (Å²) in [6.45, 7) is 4.15. The molecule has 0 bridgehead atoms. The van der Waals surface area contributed by atoms with E-state index in [9.17, 15) is 10.1 Å². The van der Waals surface area contributed by atoms with Gasteiger partial charge in [0.15, 0.2) is 0 Å². The maximum absolute atomic E-state index is 10.8. The molecule has 1 N–H and O–H groups in total. The van der Waals surface area contributed by atoms with E-state index in [1.165, 1.54) is 0 Å². The smallest absolute Gasteiger partial charge is 0.426 e. The molecule has 16 heavy (non-hydrogen) atoms. The second kappa shape index (κ2) is 4.93. The van der Waals surface area contributed by atoms with Gasteiger partial charge in [0.1, 0.15) is 6.10 Å². The molecule has 0 aliphatic rings. The van der Waals surface area contributed by atoms with Gasteiger partial charge in [0, 0.05) is 20.5 Å². The Kier molecular flexibility index (Phi) is 3.83. The van der Waals surface area contributed by atoms with Crippen molar-refractivity contribution in [2.45, 2.75) is 20.0 Å². The maximum Gasteiger partial charge on any atom is 0.426 e. The fourth-order valence-corrected chi connectivity index (χ4v) is 1.34. The van der Waals surface area contributed by atoms with Gasteiger partial charge < -0.3 is 20.2 Å². The SMILES string of the molecule is CNCC(C)Oc1c([N+](=O)[O-])nc(C)n1C. The van der Waals surface area contributed by atoms with Crippen LogP contribution in [0.2, 0.25) is 0 Å². The predicted octanol–water partition coefficient (Wildman–Crippen LogP) is 0.623. The molecule has 1 heterocycles. The number of aryl methyl sites for hydroxylation is 1. The van der Waals surface area contributed by atoms with E-state index in [-0.39, 0.29) is 17.8 Å². The van der Waals surface area contributed by atoms with Crippen molar-refractivity contribution >= 4 is 5.82 Å². The summed E-state index contributed by atoms with van der Waals surface area (Å²) >= 11 is 0. The van der Waals surface area contributed by atoms with E-state index in [2.05, 4.69) is 10.3 Å². The quantitative estimate of drug-likeness (QED) is 0.590. The first-order valence-corrected chi connectivity index (χ1v) is 4.96. The van der Waals surface area contributed by atoms with Gasteiger partial charge in [-0.2, -0.15) is 0 Å². The Morgan fingerprint density at radius 1 is 1.69 bits per heavy atom. The van der Waals surface area contributed by atoms with Gasteiger partial charge in [-0.25, -0.2) is 0 Å². The molecule has 0 radical (unpaired) electrons. The molecule has 0 saturated carbocycles. The van der Waals surface area contributed by atoms with Gasteiger partial charge in [-0.15, -0.1) is 0 Å². The highest BCUT2D eigenvalue weighted by Gasteiger charge is 2.26. The van der Waals surface area contributed by atoms with Gasteiger partial charge in [0.05, 0.1) is 0 Å². The molecular weight excluding hydrogens is 212 g/mol. The van der Waals surface area contributed by atoms with Crippen LogP contribution in [0.25, 0.3) is 0 Å². The van der Waals surface area contributed by atoms with Crippen molar-refractivity contribution in [3.63, 3.8) is 0 Å². The molecule has 0 saturated heterocycles. The minimum absolute atomic E-state index is 0.154. The van der Waals surface area contributed by atoms with Crippen LogP contribution in [0.1, 0.15) is 12.7 Å². The summed E-state index contributed by atoms with van der Waals surface area (Å²) in [4.78, 5) is 14.1. The van der Waals surface area contributed by atoms with Crippen LogP contribution >= 0.6 is 0 Å². The molecule has 0 fully saturated rings. The number of nitrogens with one attached hydrogen (secondary N) is 1. The number of nitrogens with zero attached hydrogens (tertiary/aromatic N) is 3. The summed E-state index contributed by atoms with van der Waals surface area (Å²) in [5.41, 5.74) is 0. The van der Waals surface area contributed by atoms with Crippen LogP contribution in [-0.4, -0.2) is 34.2 Å². The van der Waals surface area contributed by atoms with E-state index in [0.717, 1.165) is 0 Å². The molecule has 7 nitrogen and oxygen atoms in total. The topological polar surface area (TPSA) is 82.2 Å². The van der Waals surface area contributed by atoms with Crippen LogP contribution in [0.3, 0.4) is 0 Å². The second-order valence-corrected chi connectivity index (χ2v) is 3.59. The molecule has 1 unspecified atom stereocenters. The van der Waals surface area contributed by atoms with Crippen molar-refractivity contribution in [3.05, 3.63) is 15.9 Å². The molecule has 0 aliphatic carbocycles. The van der Waals surface area contributed by atoms with Crippen molar-refractivity contribution in [2.75, 3.05) is 13.6 Å². The van der Waals surface area contributed by atoms with Gasteiger partial charge in [0.2, 0.25) is 5.82 Å². The highest BCUT2D eigenvalue weighted by molar-refractivity contribution is 5.36. The van der Waals surface area contributed by atoms with Crippen molar-refractivity contribution < 1.29 is 9.66 Å². The van der Waals surface area contributed by atoms with Crippen molar-refractivity contribution in [2.24, 2.45) is 7.05 Å². The van der Waals surface area contributed by atoms with E-state index in [1.807, 2.05) is 6.92 Å². The number of aromatic nitrogens is 2. The standard InChI is InChI=1S/C9H16N4O3/c1-6(5-10-3)16-9-8(13(14)15)11-7(2)12(9)4/h6,10H,5H2,1-4H3. The Balaban J connectivity index is 2.97. The molecule has 1 aromatic rings. The third-order valence-corrected chi connectivity index (χ3v) is 2.23. The molecule has 0 aromatic carbocycles. The first kappa shape index (κ1) is 12.4. The fourth-order valence-electron chi connectivity index (χ4n) is 1.34. The van der Waals surface area contributed by atoms with Gasteiger partial charge in [-0.1, -0.05) is 0 Å².